The first-order chi connectivity index (χ1) is 14.2. The molecule has 2 rings (SSSR count). The zero-order chi connectivity index (χ0) is 22.6. The Hall–Kier alpha value is -1.74. The van der Waals surface area contributed by atoms with Crippen LogP contribution in [-0.2, 0) is 23.2 Å². The van der Waals surface area contributed by atoms with Crippen LogP contribution in [-0.4, -0.2) is 66.6 Å². The van der Waals surface area contributed by atoms with E-state index in [1.807, 2.05) is 0 Å². The maximum Gasteiger partial charge on any atom is 0.243 e. The molecule has 2 aromatic rings. The number of hydrogen-bond donors (Lipinski definition) is 0. The van der Waals surface area contributed by atoms with Crippen LogP contribution in [0.3, 0.4) is 0 Å². The molecule has 0 amide bonds. The number of benzene rings is 1. The van der Waals surface area contributed by atoms with Gasteiger partial charge in [0.05, 0.1) is 4.90 Å². The SMILES string of the molecule is CCN(CC)CCn1cc[n+](CCN(CC)CC)c1.Cc1ccccc1S(=O)(=O)[O-]. The highest BCUT2D eigenvalue weighted by Gasteiger charge is 2.07. The number of aryl methyl sites for hydroxylation is 1. The van der Waals surface area contributed by atoms with Gasteiger partial charge in [-0.1, -0.05) is 45.9 Å². The van der Waals surface area contributed by atoms with Crippen LogP contribution in [0.15, 0.2) is 47.9 Å². The van der Waals surface area contributed by atoms with Crippen LogP contribution < -0.4 is 4.57 Å². The lowest BCUT2D eigenvalue weighted by molar-refractivity contribution is -0.696. The Kier molecular flexibility index (Phi) is 11.9. The van der Waals surface area contributed by atoms with Crippen LogP contribution in [0.25, 0.3) is 0 Å². The van der Waals surface area contributed by atoms with E-state index in [1.165, 1.54) is 12.1 Å². The summed E-state index contributed by atoms with van der Waals surface area (Å²) in [6.45, 7) is 19.5. The Bertz CT molecular complexity index is 798. The van der Waals surface area contributed by atoms with Crippen molar-refractivity contribution in [3.05, 3.63) is 48.5 Å². The number of nitrogens with zero attached hydrogens (tertiary/aromatic N) is 4. The van der Waals surface area contributed by atoms with Crippen LogP contribution in [0, 0.1) is 6.92 Å². The molecule has 0 aliphatic heterocycles. The van der Waals surface area contributed by atoms with E-state index in [1.54, 1.807) is 19.1 Å². The summed E-state index contributed by atoms with van der Waals surface area (Å²) in [5.74, 6) is 0. The van der Waals surface area contributed by atoms with Gasteiger partial charge in [0.1, 0.15) is 35.6 Å². The van der Waals surface area contributed by atoms with Crippen molar-refractivity contribution in [1.82, 2.24) is 14.4 Å². The number of imidazole rings is 1. The molecule has 0 fully saturated rings. The first kappa shape index (κ1) is 26.3. The van der Waals surface area contributed by atoms with Gasteiger partial charge < -0.3 is 4.55 Å². The molecule has 30 heavy (non-hydrogen) atoms. The summed E-state index contributed by atoms with van der Waals surface area (Å²) < 4.78 is 36.1. The molecule has 1 aromatic heterocycles. The maximum atomic E-state index is 10.5. The predicted octanol–water partition coefficient (Wildman–Crippen LogP) is 2.36. The second-order valence-corrected chi connectivity index (χ2v) is 8.51. The minimum absolute atomic E-state index is 0.139. The lowest BCUT2D eigenvalue weighted by Gasteiger charge is -2.16. The summed E-state index contributed by atoms with van der Waals surface area (Å²) in [4.78, 5) is 4.78. The van der Waals surface area contributed by atoms with Gasteiger partial charge >= 0.3 is 0 Å². The third kappa shape index (κ3) is 9.38. The zero-order valence-electron chi connectivity index (χ0n) is 19.1. The second-order valence-electron chi connectivity index (χ2n) is 7.16. The summed E-state index contributed by atoms with van der Waals surface area (Å²) in [6.07, 6.45) is 6.60. The van der Waals surface area contributed by atoms with Gasteiger partial charge in [-0.05, 0) is 44.7 Å². The molecule has 0 unspecified atom stereocenters. The number of hydrogen-bond acceptors (Lipinski definition) is 5. The Labute approximate surface area is 182 Å². The molecule has 0 N–H and O–H groups in total. The van der Waals surface area contributed by atoms with Gasteiger partial charge in [0.25, 0.3) is 0 Å². The molecule has 0 saturated carbocycles. The minimum atomic E-state index is -4.28. The Balaban J connectivity index is 0.000000346. The van der Waals surface area contributed by atoms with Gasteiger partial charge in [0.15, 0.2) is 0 Å². The highest BCUT2D eigenvalue weighted by Crippen LogP contribution is 2.12. The zero-order valence-corrected chi connectivity index (χ0v) is 19.9. The lowest BCUT2D eigenvalue weighted by atomic mass is 10.2. The van der Waals surface area contributed by atoms with Gasteiger partial charge in [-0.15, -0.1) is 0 Å². The lowest BCUT2D eigenvalue weighted by Crippen LogP contribution is -2.39. The minimum Gasteiger partial charge on any atom is -0.744 e. The third-order valence-electron chi connectivity index (χ3n) is 5.25. The molecular formula is C22H38N4O3S. The molecule has 1 heterocycles. The monoisotopic (exact) mass is 438 g/mol. The summed E-state index contributed by atoms with van der Waals surface area (Å²) in [6, 6.07) is 6.10. The van der Waals surface area contributed by atoms with E-state index >= 15 is 0 Å². The smallest absolute Gasteiger partial charge is 0.243 e. The molecule has 0 aliphatic carbocycles. The van der Waals surface area contributed by atoms with Crippen LogP contribution in [0.5, 0.6) is 0 Å². The fraction of sp³-hybridized carbons (Fsp3) is 0.591. The molecule has 0 spiro atoms. The van der Waals surface area contributed by atoms with E-state index < -0.39 is 10.1 Å². The number of aromatic nitrogens is 2. The molecule has 0 radical (unpaired) electrons. The van der Waals surface area contributed by atoms with Crippen LogP contribution >= 0.6 is 0 Å². The van der Waals surface area contributed by atoms with Crippen molar-refractivity contribution < 1.29 is 17.5 Å². The van der Waals surface area contributed by atoms with E-state index in [0.717, 1.165) is 52.4 Å². The van der Waals surface area contributed by atoms with E-state index in [-0.39, 0.29) is 4.90 Å². The molecule has 0 saturated heterocycles. The predicted molar refractivity (Wildman–Crippen MR) is 119 cm³/mol. The second kappa shape index (κ2) is 13.5. The van der Waals surface area contributed by atoms with E-state index in [9.17, 15) is 13.0 Å². The Morgan fingerprint density at radius 1 is 0.967 bits per heavy atom. The van der Waals surface area contributed by atoms with Gasteiger partial charge in [0, 0.05) is 13.1 Å². The fourth-order valence-corrected chi connectivity index (χ4v) is 3.84. The molecule has 0 aliphatic rings. The van der Waals surface area contributed by atoms with E-state index in [2.05, 4.69) is 65.3 Å². The Morgan fingerprint density at radius 2 is 1.53 bits per heavy atom. The summed E-state index contributed by atoms with van der Waals surface area (Å²) in [5, 5.41) is 0. The summed E-state index contributed by atoms with van der Waals surface area (Å²) in [5.41, 5.74) is 0.488. The highest BCUT2D eigenvalue weighted by molar-refractivity contribution is 7.85. The summed E-state index contributed by atoms with van der Waals surface area (Å²) in [7, 11) is -4.28. The third-order valence-corrected chi connectivity index (χ3v) is 6.24. The van der Waals surface area contributed by atoms with E-state index in [0.29, 0.717) is 5.56 Å². The first-order valence-corrected chi connectivity index (χ1v) is 12.2. The van der Waals surface area contributed by atoms with Gasteiger partial charge in [0.2, 0.25) is 6.33 Å². The van der Waals surface area contributed by atoms with Crippen molar-refractivity contribution in [2.24, 2.45) is 0 Å². The topological polar surface area (TPSA) is 72.5 Å². The quantitative estimate of drug-likeness (QED) is 0.398. The molecule has 170 valence electrons. The van der Waals surface area contributed by atoms with Crippen molar-refractivity contribution in [1.29, 1.82) is 0 Å². The molecule has 0 atom stereocenters. The van der Waals surface area contributed by atoms with Crippen molar-refractivity contribution in [2.75, 3.05) is 39.3 Å². The largest absolute Gasteiger partial charge is 0.744 e. The molecular weight excluding hydrogens is 400 g/mol. The molecule has 7 nitrogen and oxygen atoms in total. The van der Waals surface area contributed by atoms with Crippen molar-refractivity contribution >= 4 is 10.1 Å². The van der Waals surface area contributed by atoms with Gasteiger partial charge in [-0.2, -0.15) is 0 Å². The van der Waals surface area contributed by atoms with Crippen molar-refractivity contribution in [3.8, 4) is 0 Å². The van der Waals surface area contributed by atoms with Gasteiger partial charge in [-0.3, -0.25) is 9.80 Å². The van der Waals surface area contributed by atoms with Crippen molar-refractivity contribution in [3.63, 3.8) is 0 Å². The maximum absolute atomic E-state index is 10.5. The van der Waals surface area contributed by atoms with Crippen molar-refractivity contribution in [2.45, 2.75) is 52.6 Å². The number of rotatable bonds is 11. The Morgan fingerprint density at radius 3 is 2.03 bits per heavy atom. The van der Waals surface area contributed by atoms with E-state index in [4.69, 9.17) is 0 Å². The molecule has 8 heteroatoms. The van der Waals surface area contributed by atoms with Crippen LogP contribution in [0.4, 0.5) is 0 Å². The molecule has 0 bridgehead atoms. The van der Waals surface area contributed by atoms with Crippen LogP contribution in [0.2, 0.25) is 0 Å². The fourth-order valence-electron chi connectivity index (χ4n) is 3.13. The normalized spacial score (nSPS) is 11.6. The van der Waals surface area contributed by atoms with Crippen LogP contribution in [0.1, 0.15) is 33.3 Å². The average molecular weight is 439 g/mol. The molecule has 1 aromatic carbocycles. The number of likely N-dealkylation sites (N-methyl/N-ethyl adjacent to an activating group) is 2. The first-order valence-electron chi connectivity index (χ1n) is 10.8. The van der Waals surface area contributed by atoms with Gasteiger partial charge in [-0.25, -0.2) is 17.6 Å². The summed E-state index contributed by atoms with van der Waals surface area (Å²) >= 11 is 0. The standard InChI is InChI=1S/C15H31N4.C7H8O3S/c1-5-16(6-2)9-11-18-13-14-19(15-18)12-10-17(7-3)8-4;1-6-4-2-3-5-7(6)11(8,9)10/h13-15H,5-12H2,1-4H3;2-5H,1H3,(H,8,9,10)/q+1;/p-1. The average Bonchev–Trinajstić information content (AvgIpc) is 3.17. The highest BCUT2D eigenvalue weighted by atomic mass is 32.2.